The van der Waals surface area contributed by atoms with E-state index in [1.54, 1.807) is 33.8 Å². The highest BCUT2D eigenvalue weighted by molar-refractivity contribution is 5.93. The van der Waals surface area contributed by atoms with Gasteiger partial charge in [0.1, 0.15) is 30.0 Å². The van der Waals surface area contributed by atoms with Crippen molar-refractivity contribution in [2.24, 2.45) is 5.73 Å². The molecule has 4 amide bonds. The van der Waals surface area contributed by atoms with Crippen molar-refractivity contribution >= 4 is 29.8 Å². The third kappa shape index (κ3) is 11.6. The zero-order valence-electron chi connectivity index (χ0n) is 23.7. The monoisotopic (exact) mass is 550 g/mol. The lowest BCUT2D eigenvalue weighted by Gasteiger charge is -2.34. The first kappa shape index (κ1) is 33.2. The van der Waals surface area contributed by atoms with Crippen molar-refractivity contribution in [2.45, 2.75) is 84.4 Å². The number of nitrogens with zero attached hydrogens (tertiary/aromatic N) is 1. The number of alkyl carbamates (subject to hydrolysis) is 1. The minimum atomic E-state index is -1.23. The molecule has 2 atom stereocenters. The van der Waals surface area contributed by atoms with Crippen LogP contribution < -0.4 is 16.4 Å². The second kappa shape index (κ2) is 15.6. The first-order chi connectivity index (χ1) is 18.2. The number of esters is 1. The van der Waals surface area contributed by atoms with Gasteiger partial charge in [-0.3, -0.25) is 19.2 Å². The van der Waals surface area contributed by atoms with Crippen molar-refractivity contribution in [1.29, 1.82) is 0 Å². The van der Waals surface area contributed by atoms with E-state index in [2.05, 4.69) is 15.4 Å². The zero-order chi connectivity index (χ0) is 29.8. The van der Waals surface area contributed by atoms with Crippen molar-refractivity contribution < 1.29 is 38.6 Å². The molecule has 0 aliphatic carbocycles. The van der Waals surface area contributed by atoms with Gasteiger partial charge in [-0.1, -0.05) is 25.8 Å². The van der Waals surface area contributed by atoms with Gasteiger partial charge in [-0.05, 0) is 63.8 Å². The predicted molar refractivity (Wildman–Crippen MR) is 143 cm³/mol. The van der Waals surface area contributed by atoms with Gasteiger partial charge in [-0.15, -0.1) is 0 Å². The number of phenolic OH excluding ortho intramolecular Hbond substituents is 1. The summed E-state index contributed by atoms with van der Waals surface area (Å²) in [4.78, 5) is 64.6. The highest BCUT2D eigenvalue weighted by Crippen LogP contribution is 2.28. The highest BCUT2D eigenvalue weighted by Gasteiger charge is 2.36. The number of nitrogens with one attached hydrogen (secondary N) is 2. The van der Waals surface area contributed by atoms with Crippen LogP contribution >= 0.6 is 0 Å². The Hall–Kier alpha value is -3.83. The molecule has 0 saturated heterocycles. The van der Waals surface area contributed by atoms with Crippen molar-refractivity contribution in [3.8, 4) is 5.75 Å². The minimum Gasteiger partial charge on any atom is -0.508 e. The Kier molecular flexibility index (Phi) is 13.2. The van der Waals surface area contributed by atoms with Crippen LogP contribution in [0.3, 0.4) is 0 Å². The number of aromatic hydroxyl groups is 1. The number of hydrogen-bond donors (Lipinski definition) is 4. The Balaban J connectivity index is 3.55. The number of aryl methyl sites for hydroxylation is 1. The summed E-state index contributed by atoms with van der Waals surface area (Å²) >= 11 is 0. The van der Waals surface area contributed by atoms with Gasteiger partial charge in [0.05, 0.1) is 7.11 Å². The molecular weight excluding hydrogens is 508 g/mol. The summed E-state index contributed by atoms with van der Waals surface area (Å²) in [5.41, 5.74) is 5.32. The van der Waals surface area contributed by atoms with Gasteiger partial charge in [0, 0.05) is 13.0 Å². The molecule has 0 fully saturated rings. The Bertz CT molecular complexity index is 1020. The van der Waals surface area contributed by atoms with E-state index < -0.39 is 54.0 Å². The van der Waals surface area contributed by atoms with E-state index >= 15 is 0 Å². The fourth-order valence-corrected chi connectivity index (χ4v) is 3.74. The maximum Gasteiger partial charge on any atom is 0.408 e. The molecule has 5 N–H and O–H groups in total. The van der Waals surface area contributed by atoms with Gasteiger partial charge in [-0.25, -0.2) is 4.79 Å². The number of methoxy groups -OCH3 is 1. The van der Waals surface area contributed by atoms with Crippen LogP contribution in [0.1, 0.15) is 77.0 Å². The Labute approximate surface area is 229 Å². The number of carbonyl (C=O) groups excluding carboxylic acids is 5. The van der Waals surface area contributed by atoms with Gasteiger partial charge in [0.15, 0.2) is 0 Å². The number of amides is 4. The number of phenols is 1. The van der Waals surface area contributed by atoms with Gasteiger partial charge < -0.3 is 35.8 Å². The molecular formula is C27H42N4O8. The topological polar surface area (TPSA) is 177 Å². The summed E-state index contributed by atoms with van der Waals surface area (Å²) in [5.74, 6) is -2.65. The van der Waals surface area contributed by atoms with E-state index in [0.717, 1.165) is 12.8 Å². The van der Waals surface area contributed by atoms with Crippen LogP contribution in [0.15, 0.2) is 18.2 Å². The molecule has 12 heteroatoms. The minimum absolute atomic E-state index is 0.00209. The van der Waals surface area contributed by atoms with Crippen LogP contribution in [0.2, 0.25) is 0 Å². The van der Waals surface area contributed by atoms with Crippen LogP contribution in [0.5, 0.6) is 5.75 Å². The van der Waals surface area contributed by atoms with Gasteiger partial charge >= 0.3 is 12.1 Å². The fourth-order valence-electron chi connectivity index (χ4n) is 3.74. The first-order valence-electron chi connectivity index (χ1n) is 12.9. The molecule has 1 aromatic carbocycles. The average molecular weight is 551 g/mol. The summed E-state index contributed by atoms with van der Waals surface area (Å²) in [5, 5.41) is 15.1. The molecule has 0 radical (unpaired) electrons. The fraction of sp³-hybridized carbons (Fsp3) is 0.593. The van der Waals surface area contributed by atoms with Gasteiger partial charge in [0.2, 0.25) is 17.7 Å². The van der Waals surface area contributed by atoms with E-state index in [1.165, 1.54) is 24.1 Å². The molecule has 0 aromatic heterocycles. The van der Waals surface area contributed by atoms with Crippen molar-refractivity contribution in [3.63, 3.8) is 0 Å². The second-order valence-corrected chi connectivity index (χ2v) is 10.2. The Morgan fingerprint density at radius 2 is 1.79 bits per heavy atom. The van der Waals surface area contributed by atoms with Crippen LogP contribution in [-0.2, 0) is 28.7 Å². The van der Waals surface area contributed by atoms with Gasteiger partial charge in [-0.2, -0.15) is 0 Å². The lowest BCUT2D eigenvalue weighted by atomic mass is 9.99. The van der Waals surface area contributed by atoms with Crippen LogP contribution in [0.4, 0.5) is 4.79 Å². The van der Waals surface area contributed by atoms with Crippen LogP contribution in [0, 0.1) is 6.92 Å². The molecule has 39 heavy (non-hydrogen) atoms. The van der Waals surface area contributed by atoms with Crippen molar-refractivity contribution in [3.05, 3.63) is 29.3 Å². The maximum absolute atomic E-state index is 14.0. The number of benzene rings is 1. The number of hydrogen-bond acceptors (Lipinski definition) is 8. The smallest absolute Gasteiger partial charge is 0.408 e. The van der Waals surface area contributed by atoms with E-state index in [9.17, 15) is 29.1 Å². The van der Waals surface area contributed by atoms with Crippen molar-refractivity contribution in [1.82, 2.24) is 15.5 Å². The number of rotatable bonds is 14. The number of ether oxygens (including phenoxy) is 2. The lowest BCUT2D eigenvalue weighted by Crippen LogP contribution is -2.53. The first-order valence-corrected chi connectivity index (χ1v) is 12.9. The molecule has 0 bridgehead atoms. The molecule has 0 heterocycles. The molecule has 0 aliphatic rings. The van der Waals surface area contributed by atoms with Crippen LogP contribution in [-0.4, -0.2) is 71.6 Å². The summed E-state index contributed by atoms with van der Waals surface area (Å²) < 4.78 is 9.92. The standard InChI is InChI=1S/C27H42N4O8/c1-7-8-9-14-31(25(36)19(11-13-21(28)33)30-26(37)39-27(3,4)5)23(24(35)29-16-22(34)38-6)18-10-12-20(32)17(2)15-18/h10,12,15,19,23,32H,7-9,11,13-14,16H2,1-6H3,(H2,28,33)(H,29,35)(H,30,37). The molecule has 12 nitrogen and oxygen atoms in total. The normalized spacial score (nSPS) is 12.6. The molecule has 218 valence electrons. The molecule has 0 aliphatic heterocycles. The van der Waals surface area contributed by atoms with E-state index in [-0.39, 0.29) is 25.1 Å². The molecule has 0 saturated carbocycles. The van der Waals surface area contributed by atoms with E-state index in [0.29, 0.717) is 17.5 Å². The zero-order valence-corrected chi connectivity index (χ0v) is 23.7. The summed E-state index contributed by atoms with van der Waals surface area (Å²) in [6.07, 6.45) is 0.928. The lowest BCUT2D eigenvalue weighted by molar-refractivity contribution is -0.145. The van der Waals surface area contributed by atoms with E-state index in [1.807, 2.05) is 6.92 Å². The average Bonchev–Trinajstić information content (AvgIpc) is 2.84. The third-order valence-electron chi connectivity index (χ3n) is 5.69. The quantitative estimate of drug-likeness (QED) is 0.201. The molecule has 1 aromatic rings. The summed E-state index contributed by atoms with van der Waals surface area (Å²) in [6.45, 7) is 8.32. The predicted octanol–water partition coefficient (Wildman–Crippen LogP) is 2.21. The molecule has 1 rings (SSSR count). The number of unbranched alkanes of at least 4 members (excludes halogenated alkanes) is 2. The Morgan fingerprint density at radius 3 is 2.33 bits per heavy atom. The number of primary amides is 1. The maximum atomic E-state index is 14.0. The third-order valence-corrected chi connectivity index (χ3v) is 5.69. The Morgan fingerprint density at radius 1 is 1.13 bits per heavy atom. The van der Waals surface area contributed by atoms with Crippen LogP contribution in [0.25, 0.3) is 0 Å². The van der Waals surface area contributed by atoms with E-state index in [4.69, 9.17) is 10.5 Å². The van der Waals surface area contributed by atoms with Crippen molar-refractivity contribution in [2.75, 3.05) is 20.2 Å². The number of nitrogens with two attached hydrogens (primary N) is 1. The second-order valence-electron chi connectivity index (χ2n) is 10.2. The molecule has 2 unspecified atom stereocenters. The highest BCUT2D eigenvalue weighted by atomic mass is 16.6. The SMILES string of the molecule is CCCCCN(C(=O)C(CCC(N)=O)NC(=O)OC(C)(C)C)C(C(=O)NCC(=O)OC)c1ccc(O)c(C)c1. The largest absolute Gasteiger partial charge is 0.508 e. The number of carbonyl (C=O) groups is 5. The summed E-state index contributed by atoms with van der Waals surface area (Å²) in [7, 11) is 1.18. The summed E-state index contributed by atoms with van der Waals surface area (Å²) in [6, 6.07) is 2.02. The molecule has 0 spiro atoms. The van der Waals surface area contributed by atoms with Gasteiger partial charge in [0.25, 0.3) is 0 Å².